The van der Waals surface area contributed by atoms with Gasteiger partial charge in [0.15, 0.2) is 0 Å². The first-order chi connectivity index (χ1) is 12.6. The van der Waals surface area contributed by atoms with Crippen molar-refractivity contribution in [2.45, 2.75) is 38.6 Å². The van der Waals surface area contributed by atoms with E-state index in [1.807, 2.05) is 12.1 Å². The van der Waals surface area contributed by atoms with Gasteiger partial charge in [-0.15, -0.1) is 0 Å². The van der Waals surface area contributed by atoms with Gasteiger partial charge in [-0.25, -0.2) is 4.79 Å². The van der Waals surface area contributed by atoms with Gasteiger partial charge in [-0.2, -0.15) is 0 Å². The molecule has 26 heavy (non-hydrogen) atoms. The molecule has 0 bridgehead atoms. The van der Waals surface area contributed by atoms with Crippen LogP contribution in [-0.2, 0) is 0 Å². The maximum Gasteiger partial charge on any atom is 0.314 e. The highest BCUT2D eigenvalue weighted by molar-refractivity contribution is 6.30. The lowest BCUT2D eigenvalue weighted by molar-refractivity contribution is 0.170. The third-order valence-electron chi connectivity index (χ3n) is 5.60. The van der Waals surface area contributed by atoms with E-state index in [0.717, 1.165) is 44.2 Å². The highest BCUT2D eigenvalue weighted by Crippen LogP contribution is 2.24. The smallest absolute Gasteiger partial charge is 0.314 e. The van der Waals surface area contributed by atoms with Crippen LogP contribution in [0.2, 0.25) is 5.02 Å². The summed E-state index contributed by atoms with van der Waals surface area (Å²) in [5.41, 5.74) is 1.21. The van der Waals surface area contributed by atoms with Crippen molar-refractivity contribution in [3.8, 4) is 0 Å². The summed E-state index contributed by atoms with van der Waals surface area (Å²) >= 11 is 5.96. The molecule has 2 fully saturated rings. The van der Waals surface area contributed by atoms with Gasteiger partial charge in [0.25, 0.3) is 0 Å². The first-order valence-electron chi connectivity index (χ1n) is 9.88. The van der Waals surface area contributed by atoms with Gasteiger partial charge in [-0.05, 0) is 69.5 Å². The second-order valence-corrected chi connectivity index (χ2v) is 8.05. The summed E-state index contributed by atoms with van der Waals surface area (Å²) in [7, 11) is 0. The van der Waals surface area contributed by atoms with Crippen molar-refractivity contribution in [3.05, 3.63) is 29.3 Å². The fourth-order valence-corrected chi connectivity index (χ4v) is 4.04. The first kappa shape index (κ1) is 19.3. The van der Waals surface area contributed by atoms with Crippen molar-refractivity contribution in [1.82, 2.24) is 15.5 Å². The van der Waals surface area contributed by atoms with Crippen LogP contribution in [0.3, 0.4) is 0 Å². The van der Waals surface area contributed by atoms with E-state index in [2.05, 4.69) is 39.5 Å². The Morgan fingerprint density at radius 3 is 2.62 bits per heavy atom. The lowest BCUT2D eigenvalue weighted by atomic mass is 10.1. The quantitative estimate of drug-likeness (QED) is 0.798. The molecule has 2 heterocycles. The molecule has 2 amide bonds. The summed E-state index contributed by atoms with van der Waals surface area (Å²) < 4.78 is 0. The number of piperidine rings is 1. The molecule has 2 aliphatic rings. The molecule has 0 unspecified atom stereocenters. The Hall–Kier alpha value is -1.46. The number of halogens is 1. The van der Waals surface area contributed by atoms with Crippen LogP contribution in [0, 0.1) is 5.92 Å². The molecule has 144 valence electrons. The molecule has 2 N–H and O–H groups in total. The van der Waals surface area contributed by atoms with E-state index in [4.69, 9.17) is 11.6 Å². The highest BCUT2D eigenvalue weighted by atomic mass is 35.5. The van der Waals surface area contributed by atoms with Crippen LogP contribution >= 0.6 is 11.6 Å². The normalized spacial score (nSPS) is 22.2. The van der Waals surface area contributed by atoms with E-state index in [-0.39, 0.29) is 6.03 Å². The number of nitrogens with one attached hydrogen (secondary N) is 2. The monoisotopic (exact) mass is 378 g/mol. The molecule has 2 atom stereocenters. The maximum absolute atomic E-state index is 12.1. The number of urea groups is 1. The summed E-state index contributed by atoms with van der Waals surface area (Å²) in [6.45, 7) is 7.97. The maximum atomic E-state index is 12.1. The van der Waals surface area contributed by atoms with Crippen LogP contribution < -0.4 is 15.5 Å². The summed E-state index contributed by atoms with van der Waals surface area (Å²) in [6.07, 6.45) is 5.00. The van der Waals surface area contributed by atoms with Crippen molar-refractivity contribution >= 4 is 23.3 Å². The SMILES string of the molecule is C[C@H](CNC(=O)NC[C@H]1CCN(c2ccc(Cl)cc2)C1)N1CCCCC1. The standard InChI is InChI=1S/C20H31ClN4O/c1-16(24-10-3-2-4-11-24)13-22-20(26)23-14-17-9-12-25(15-17)19-7-5-18(21)6-8-19/h5-8,16-17H,2-4,9-15H2,1H3,(H2,22,23,26)/t16-,17-/m1/s1. The van der Waals surface area contributed by atoms with Gasteiger partial charge in [0.05, 0.1) is 0 Å². The molecule has 5 nitrogen and oxygen atoms in total. The molecule has 0 radical (unpaired) electrons. The van der Waals surface area contributed by atoms with Gasteiger partial charge < -0.3 is 15.5 Å². The molecule has 3 rings (SSSR count). The number of benzene rings is 1. The average molecular weight is 379 g/mol. The Kier molecular flexibility index (Phi) is 7.03. The minimum atomic E-state index is -0.0428. The largest absolute Gasteiger partial charge is 0.371 e. The molecule has 1 aromatic carbocycles. The summed E-state index contributed by atoms with van der Waals surface area (Å²) in [4.78, 5) is 16.9. The molecule has 0 spiro atoms. The van der Waals surface area contributed by atoms with Gasteiger partial charge in [-0.1, -0.05) is 18.0 Å². The summed E-state index contributed by atoms with van der Waals surface area (Å²) in [6, 6.07) is 8.35. The predicted octanol–water partition coefficient (Wildman–Crippen LogP) is 3.34. The van der Waals surface area contributed by atoms with E-state index in [1.54, 1.807) is 0 Å². The highest BCUT2D eigenvalue weighted by Gasteiger charge is 2.23. The van der Waals surface area contributed by atoms with E-state index < -0.39 is 0 Å². The van der Waals surface area contributed by atoms with E-state index in [0.29, 0.717) is 18.5 Å². The van der Waals surface area contributed by atoms with Crippen molar-refractivity contribution in [3.63, 3.8) is 0 Å². The van der Waals surface area contributed by atoms with Gasteiger partial charge in [-0.3, -0.25) is 4.90 Å². The zero-order chi connectivity index (χ0) is 18.4. The number of nitrogens with zero attached hydrogens (tertiary/aromatic N) is 2. The van der Waals surface area contributed by atoms with Crippen LogP contribution in [0.5, 0.6) is 0 Å². The van der Waals surface area contributed by atoms with Crippen molar-refractivity contribution in [2.24, 2.45) is 5.92 Å². The van der Waals surface area contributed by atoms with E-state index in [9.17, 15) is 4.79 Å². The molecule has 0 aliphatic carbocycles. The fraction of sp³-hybridized carbons (Fsp3) is 0.650. The number of hydrogen-bond acceptors (Lipinski definition) is 3. The molecule has 1 aromatic rings. The number of hydrogen-bond donors (Lipinski definition) is 2. The third kappa shape index (κ3) is 5.52. The number of carbonyl (C=O) groups excluding carboxylic acids is 1. The molecular formula is C20H31ClN4O. The molecule has 6 heteroatoms. The topological polar surface area (TPSA) is 47.6 Å². The van der Waals surface area contributed by atoms with Crippen LogP contribution in [0.25, 0.3) is 0 Å². The Morgan fingerprint density at radius 2 is 1.88 bits per heavy atom. The Balaban J connectivity index is 1.34. The number of amides is 2. The average Bonchev–Trinajstić information content (AvgIpc) is 3.14. The Labute approximate surface area is 162 Å². The lowest BCUT2D eigenvalue weighted by Gasteiger charge is -2.32. The Bertz CT molecular complexity index is 574. The van der Waals surface area contributed by atoms with E-state index in [1.165, 1.54) is 24.9 Å². The van der Waals surface area contributed by atoms with Crippen LogP contribution in [0.15, 0.2) is 24.3 Å². The summed E-state index contributed by atoms with van der Waals surface area (Å²) in [5.74, 6) is 0.496. The van der Waals surface area contributed by atoms with Gasteiger partial charge in [0, 0.05) is 42.9 Å². The van der Waals surface area contributed by atoms with Crippen molar-refractivity contribution in [2.75, 3.05) is 44.2 Å². The molecule has 2 aliphatic heterocycles. The van der Waals surface area contributed by atoms with Crippen molar-refractivity contribution in [1.29, 1.82) is 0 Å². The van der Waals surface area contributed by atoms with Crippen LogP contribution in [-0.4, -0.2) is 56.2 Å². The molecular weight excluding hydrogens is 348 g/mol. The second-order valence-electron chi connectivity index (χ2n) is 7.61. The first-order valence-corrected chi connectivity index (χ1v) is 10.3. The molecule has 2 saturated heterocycles. The molecule has 0 saturated carbocycles. The van der Waals surface area contributed by atoms with Gasteiger partial charge in [0.2, 0.25) is 0 Å². The third-order valence-corrected chi connectivity index (χ3v) is 5.85. The summed E-state index contributed by atoms with van der Waals surface area (Å²) in [5, 5.41) is 6.85. The van der Waals surface area contributed by atoms with Gasteiger partial charge in [0.1, 0.15) is 0 Å². The fourth-order valence-electron chi connectivity index (χ4n) is 3.91. The minimum Gasteiger partial charge on any atom is -0.371 e. The number of anilines is 1. The van der Waals surface area contributed by atoms with Crippen LogP contribution in [0.4, 0.5) is 10.5 Å². The number of likely N-dealkylation sites (tertiary alicyclic amines) is 1. The second kappa shape index (κ2) is 9.47. The van der Waals surface area contributed by atoms with E-state index >= 15 is 0 Å². The van der Waals surface area contributed by atoms with Gasteiger partial charge >= 0.3 is 6.03 Å². The minimum absolute atomic E-state index is 0.0428. The zero-order valence-corrected chi connectivity index (χ0v) is 16.5. The van der Waals surface area contributed by atoms with Crippen LogP contribution in [0.1, 0.15) is 32.6 Å². The zero-order valence-electron chi connectivity index (χ0n) is 15.7. The van der Waals surface area contributed by atoms with Crippen molar-refractivity contribution < 1.29 is 4.79 Å². The molecule has 0 aromatic heterocycles. The number of carbonyl (C=O) groups is 1. The predicted molar refractivity (Wildman–Crippen MR) is 108 cm³/mol. The lowest BCUT2D eigenvalue weighted by Crippen LogP contribution is -2.47. The Morgan fingerprint density at radius 1 is 1.15 bits per heavy atom. The number of rotatable bonds is 6.